The number of carbonyl (C=O) groups excluding carboxylic acids is 1. The number of halogens is 5. The summed E-state index contributed by atoms with van der Waals surface area (Å²) in [7, 11) is 0. The fraction of sp³-hybridized carbons (Fsp3) is 0.241. The Labute approximate surface area is 281 Å². The molecule has 238 valence electrons. The van der Waals surface area contributed by atoms with Crippen molar-refractivity contribution < 1.29 is 81.6 Å². The Kier molecular flexibility index (Phi) is 10.7. The quantitative estimate of drug-likeness (QED) is 0.141. The summed E-state index contributed by atoms with van der Waals surface area (Å²) in [5, 5.41) is 13.9. The van der Waals surface area contributed by atoms with E-state index in [1.165, 1.54) is 47.4 Å². The molecule has 0 saturated carbocycles. The monoisotopic (exact) mass is 657 g/mol. The second-order valence-electron chi connectivity index (χ2n) is 9.64. The summed E-state index contributed by atoms with van der Waals surface area (Å²) in [5.74, 6) is -4.62. The Morgan fingerprint density at radius 2 is 1.93 bits per heavy atom. The Morgan fingerprint density at radius 1 is 1.15 bits per heavy atom. The second-order valence-corrected chi connectivity index (χ2v) is 9.64. The van der Waals surface area contributed by atoms with E-state index in [1.807, 2.05) is 6.92 Å². The zero-order valence-corrected chi connectivity index (χ0v) is 26.3. The molecule has 17 heteroatoms. The molecule has 1 atom stereocenters. The van der Waals surface area contributed by atoms with Gasteiger partial charge in [0.05, 0.1) is 30.6 Å². The summed E-state index contributed by atoms with van der Waals surface area (Å²) in [5.41, 5.74) is 1.18. The van der Waals surface area contributed by atoms with E-state index in [-0.39, 0.29) is 77.6 Å². The predicted molar refractivity (Wildman–Crippen MR) is 149 cm³/mol. The van der Waals surface area contributed by atoms with Crippen LogP contribution in [0, 0.1) is 11.6 Å². The number of nitrogens with one attached hydrogen (secondary N) is 1. The molecule has 2 N–H and O–H groups in total. The zero-order valence-electron chi connectivity index (χ0n) is 25.3. The first kappa shape index (κ1) is 34.5. The largest absolute Gasteiger partial charge is 1.00 e. The number of fused-ring (bicyclic) bond motifs is 1. The third kappa shape index (κ3) is 7.35. The Hall–Kier alpha value is -4.41. The fourth-order valence-electron chi connectivity index (χ4n) is 4.46. The summed E-state index contributed by atoms with van der Waals surface area (Å²) < 4.78 is 87.4. The van der Waals surface area contributed by atoms with Crippen LogP contribution < -0.4 is 44.7 Å². The number of benzene rings is 2. The van der Waals surface area contributed by atoms with E-state index in [9.17, 15) is 31.5 Å². The number of hydrogen-bond acceptors (Lipinski definition) is 9. The van der Waals surface area contributed by atoms with Crippen molar-refractivity contribution in [1.29, 1.82) is 0 Å². The van der Waals surface area contributed by atoms with Crippen molar-refractivity contribution in [2.75, 3.05) is 23.6 Å². The minimum atomic E-state index is -4.79. The Bertz CT molecular complexity index is 1770. The Morgan fingerprint density at radius 3 is 2.65 bits per heavy atom. The van der Waals surface area contributed by atoms with Gasteiger partial charge in [-0.25, -0.2) is 18.6 Å². The van der Waals surface area contributed by atoms with Crippen LogP contribution in [0.15, 0.2) is 59.5 Å². The molecule has 1 aliphatic heterocycles. The number of alkyl halides is 3. The van der Waals surface area contributed by atoms with Gasteiger partial charge < -0.3 is 25.1 Å². The molecule has 0 aliphatic carbocycles. The molecular weight excluding hydrogens is 632 g/mol. The van der Waals surface area contributed by atoms with Gasteiger partial charge in [0.15, 0.2) is 29.3 Å². The van der Waals surface area contributed by atoms with Crippen LogP contribution in [0.4, 0.5) is 33.5 Å². The van der Waals surface area contributed by atoms with Gasteiger partial charge in [-0.05, 0) is 42.8 Å². The molecule has 0 fully saturated rings. The fourth-order valence-corrected chi connectivity index (χ4v) is 4.46. The van der Waals surface area contributed by atoms with E-state index in [4.69, 9.17) is 19.1 Å². The second kappa shape index (κ2) is 14.3. The molecule has 1 aliphatic rings. The number of hydrogen-bond donors (Lipinski definition) is 2. The van der Waals surface area contributed by atoms with Gasteiger partial charge >= 0.3 is 47.7 Å². The van der Waals surface area contributed by atoms with Gasteiger partial charge in [0.25, 0.3) is 0 Å². The van der Waals surface area contributed by atoms with Crippen LogP contribution in [0.3, 0.4) is 0 Å². The van der Waals surface area contributed by atoms with Crippen molar-refractivity contribution in [3.05, 3.63) is 83.6 Å². The molecular formula is C29H25F5N5NaO6. The van der Waals surface area contributed by atoms with Crippen molar-refractivity contribution in [2.45, 2.75) is 32.0 Å². The molecule has 46 heavy (non-hydrogen) atoms. The minimum Gasteiger partial charge on any atom is -1.00 e. The molecule has 5 rings (SSSR count). The molecule has 11 nitrogen and oxygen atoms in total. The van der Waals surface area contributed by atoms with Gasteiger partial charge in [-0.2, -0.15) is 13.2 Å². The van der Waals surface area contributed by atoms with Crippen LogP contribution in [0.1, 0.15) is 44.3 Å². The van der Waals surface area contributed by atoms with Crippen LogP contribution in [-0.4, -0.2) is 45.0 Å². The topological polar surface area (TPSA) is 132 Å². The molecule has 4 aromatic rings. The number of ether oxygens (including phenoxy) is 2. The molecule has 2 aromatic heterocycles. The number of anilines is 2. The number of aromatic nitrogens is 3. The number of hydrazine groups is 1. The predicted octanol–water partition coefficient (Wildman–Crippen LogP) is 3.17. The molecule has 3 heterocycles. The molecule has 0 saturated heterocycles. The number of carbonyl (C=O) groups is 2. The molecule has 0 radical (unpaired) electrons. The van der Waals surface area contributed by atoms with E-state index in [2.05, 4.69) is 15.6 Å². The number of rotatable bonds is 11. The SMILES string of the molecule is CCCOc1ccc(-c2cc(C(C(=O)OCCC(=O)O)n3cnc4c3C=CN(c3cccc(F)c3F)N4)on2)c(C(F)(F)F)c1.[H-].[Na+]. The first-order valence-corrected chi connectivity index (χ1v) is 13.4. The standard InChI is InChI=1S/C29H24F5N5O6.Na.H/c1-2-11-43-16-6-7-17(18(13-16)29(32,33)34)20-14-23(45-37-20)26(28(42)44-12-9-24(40)41)38-15-35-27-22(38)8-10-39(36-27)21-5-3-4-19(30)25(21)31;;/h3-8,10,13-15,26,36H,2,9,11-12H2,1H3,(H,40,41);;/q;+1;-1. The average molecular weight is 658 g/mol. The summed E-state index contributed by atoms with van der Waals surface area (Å²) in [6.45, 7) is 1.51. The first-order chi connectivity index (χ1) is 21.5. The van der Waals surface area contributed by atoms with Crippen molar-refractivity contribution >= 4 is 29.5 Å². The van der Waals surface area contributed by atoms with Gasteiger partial charge in [-0.1, -0.05) is 18.1 Å². The number of imidazole rings is 1. The van der Waals surface area contributed by atoms with Crippen LogP contribution in [-0.2, 0) is 20.5 Å². The molecule has 1 unspecified atom stereocenters. The Balaban J connectivity index is 0.00000300. The van der Waals surface area contributed by atoms with Crippen LogP contribution in [0.25, 0.3) is 17.3 Å². The van der Waals surface area contributed by atoms with Crippen molar-refractivity contribution in [3.63, 3.8) is 0 Å². The van der Waals surface area contributed by atoms with Gasteiger partial charge in [-0.15, -0.1) is 0 Å². The van der Waals surface area contributed by atoms with Gasteiger partial charge in [0.1, 0.15) is 23.7 Å². The number of esters is 1. The number of aliphatic carboxylic acids is 1. The summed E-state index contributed by atoms with van der Waals surface area (Å²) in [4.78, 5) is 28.5. The number of carboxylic acid groups (broad SMARTS) is 1. The summed E-state index contributed by atoms with van der Waals surface area (Å²) in [6.07, 6.45) is -0.799. The van der Waals surface area contributed by atoms with Crippen molar-refractivity contribution in [1.82, 2.24) is 14.7 Å². The van der Waals surface area contributed by atoms with Crippen LogP contribution in [0.2, 0.25) is 0 Å². The van der Waals surface area contributed by atoms with Gasteiger partial charge in [0, 0.05) is 17.8 Å². The maximum Gasteiger partial charge on any atom is 1.00 e. The average Bonchev–Trinajstić information content (AvgIpc) is 3.65. The van der Waals surface area contributed by atoms with Crippen molar-refractivity contribution in [2.24, 2.45) is 0 Å². The third-order valence-electron chi connectivity index (χ3n) is 6.54. The zero-order chi connectivity index (χ0) is 32.3. The van der Waals surface area contributed by atoms with E-state index < -0.39 is 54.4 Å². The van der Waals surface area contributed by atoms with Gasteiger partial charge in [-0.3, -0.25) is 15.2 Å². The molecule has 2 aromatic carbocycles. The molecule has 0 amide bonds. The maximum absolute atomic E-state index is 14.4. The van der Waals surface area contributed by atoms with E-state index in [0.717, 1.165) is 23.2 Å². The number of carboxylic acids is 1. The van der Waals surface area contributed by atoms with Crippen LogP contribution >= 0.6 is 0 Å². The van der Waals surface area contributed by atoms with E-state index in [0.29, 0.717) is 6.42 Å². The summed E-state index contributed by atoms with van der Waals surface area (Å²) >= 11 is 0. The summed E-state index contributed by atoms with van der Waals surface area (Å²) in [6, 6.07) is 6.52. The first-order valence-electron chi connectivity index (χ1n) is 13.4. The van der Waals surface area contributed by atoms with Crippen molar-refractivity contribution in [3.8, 4) is 17.0 Å². The van der Waals surface area contributed by atoms with E-state index >= 15 is 0 Å². The third-order valence-corrected chi connectivity index (χ3v) is 6.54. The number of nitrogens with zero attached hydrogens (tertiary/aromatic N) is 4. The smallest absolute Gasteiger partial charge is 1.00 e. The van der Waals surface area contributed by atoms with Gasteiger partial charge in [0.2, 0.25) is 0 Å². The van der Waals surface area contributed by atoms with E-state index in [1.54, 1.807) is 0 Å². The van der Waals surface area contributed by atoms with Crippen LogP contribution in [0.5, 0.6) is 5.75 Å². The maximum atomic E-state index is 14.4. The molecule has 0 bridgehead atoms. The molecule has 0 spiro atoms. The minimum absolute atomic E-state index is 0. The normalized spacial score (nSPS) is 13.0.